The molecule has 1 amide bonds. The number of benzene rings is 2. The maximum absolute atomic E-state index is 11.9. The average molecular weight is 341 g/mol. The number of ketones is 1. The smallest absolute Gasteiger partial charge is 0.220 e. The van der Waals surface area contributed by atoms with Crippen molar-refractivity contribution in [2.24, 2.45) is 0 Å². The summed E-state index contributed by atoms with van der Waals surface area (Å²) in [7, 11) is 1.62. The minimum atomic E-state index is -0.0154. The Morgan fingerprint density at radius 3 is 2.48 bits per heavy atom. The number of hydrogen-bond acceptors (Lipinski definition) is 4. The number of carbonyl (C=O) groups is 2. The zero-order valence-corrected chi connectivity index (χ0v) is 14.6. The van der Waals surface area contributed by atoms with Crippen molar-refractivity contribution < 1.29 is 19.1 Å². The molecule has 0 saturated carbocycles. The van der Waals surface area contributed by atoms with Crippen molar-refractivity contribution in [2.75, 3.05) is 13.7 Å². The van der Waals surface area contributed by atoms with E-state index in [1.54, 1.807) is 31.4 Å². The highest BCUT2D eigenvalue weighted by Gasteiger charge is 2.03. The van der Waals surface area contributed by atoms with Crippen LogP contribution in [0.1, 0.15) is 35.7 Å². The van der Waals surface area contributed by atoms with E-state index < -0.39 is 0 Å². The summed E-state index contributed by atoms with van der Waals surface area (Å²) in [4.78, 5) is 23.1. The van der Waals surface area contributed by atoms with Gasteiger partial charge in [0, 0.05) is 18.5 Å². The van der Waals surface area contributed by atoms with Gasteiger partial charge in [0.05, 0.1) is 13.7 Å². The molecule has 2 rings (SSSR count). The van der Waals surface area contributed by atoms with E-state index in [9.17, 15) is 9.59 Å². The highest BCUT2D eigenvalue weighted by molar-refractivity contribution is 5.94. The summed E-state index contributed by atoms with van der Waals surface area (Å²) in [5, 5.41) is 2.88. The number of nitrogens with one attached hydrogen (secondary N) is 1. The fraction of sp³-hybridized carbons (Fsp3) is 0.300. The summed E-state index contributed by atoms with van der Waals surface area (Å²) < 4.78 is 10.7. The lowest BCUT2D eigenvalue weighted by Gasteiger charge is -2.08. The van der Waals surface area contributed by atoms with Gasteiger partial charge in [-0.05, 0) is 55.3 Å². The Morgan fingerprint density at radius 2 is 1.80 bits per heavy atom. The third-order valence-electron chi connectivity index (χ3n) is 3.70. The van der Waals surface area contributed by atoms with Gasteiger partial charge < -0.3 is 14.8 Å². The van der Waals surface area contributed by atoms with Crippen LogP contribution in [-0.2, 0) is 11.3 Å². The van der Waals surface area contributed by atoms with Crippen molar-refractivity contribution in [1.29, 1.82) is 0 Å². The van der Waals surface area contributed by atoms with Crippen molar-refractivity contribution in [3.63, 3.8) is 0 Å². The van der Waals surface area contributed by atoms with Crippen molar-refractivity contribution in [1.82, 2.24) is 5.32 Å². The largest absolute Gasteiger partial charge is 0.497 e. The first-order valence-electron chi connectivity index (χ1n) is 8.22. The van der Waals surface area contributed by atoms with Crippen LogP contribution in [0.25, 0.3) is 0 Å². The minimum absolute atomic E-state index is 0.0154. The van der Waals surface area contributed by atoms with E-state index in [4.69, 9.17) is 9.47 Å². The van der Waals surface area contributed by atoms with Crippen LogP contribution >= 0.6 is 0 Å². The molecule has 0 bridgehead atoms. The summed E-state index contributed by atoms with van der Waals surface area (Å²) in [6.45, 7) is 2.45. The fourth-order valence-electron chi connectivity index (χ4n) is 2.28. The molecule has 0 radical (unpaired) electrons. The maximum atomic E-state index is 11.9. The van der Waals surface area contributed by atoms with E-state index in [2.05, 4.69) is 5.32 Å². The quantitative estimate of drug-likeness (QED) is 0.561. The van der Waals surface area contributed by atoms with Crippen LogP contribution in [0.5, 0.6) is 11.5 Å². The zero-order valence-electron chi connectivity index (χ0n) is 14.6. The van der Waals surface area contributed by atoms with E-state index in [1.807, 2.05) is 24.3 Å². The molecule has 0 aromatic heterocycles. The summed E-state index contributed by atoms with van der Waals surface area (Å²) in [6.07, 6.45) is 1.02. The minimum Gasteiger partial charge on any atom is -0.497 e. The third-order valence-corrected chi connectivity index (χ3v) is 3.70. The second kappa shape index (κ2) is 9.47. The molecule has 0 unspecified atom stereocenters. The molecule has 0 saturated heterocycles. The SMILES string of the molecule is COc1cccc(CNC(=O)CCCOc2ccc(C(C)=O)cc2)c1. The van der Waals surface area contributed by atoms with Gasteiger partial charge >= 0.3 is 0 Å². The molecular formula is C20H23NO4. The molecule has 2 aromatic rings. The second-order valence-electron chi connectivity index (χ2n) is 5.66. The molecule has 25 heavy (non-hydrogen) atoms. The molecule has 0 atom stereocenters. The predicted molar refractivity (Wildman–Crippen MR) is 96.0 cm³/mol. The van der Waals surface area contributed by atoms with E-state index >= 15 is 0 Å². The lowest BCUT2D eigenvalue weighted by atomic mass is 10.1. The summed E-state index contributed by atoms with van der Waals surface area (Å²) in [6, 6.07) is 14.6. The molecule has 0 spiro atoms. The lowest BCUT2D eigenvalue weighted by Crippen LogP contribution is -2.23. The molecular weight excluding hydrogens is 318 g/mol. The topological polar surface area (TPSA) is 64.6 Å². The number of methoxy groups -OCH3 is 1. The first-order chi connectivity index (χ1) is 12.1. The molecule has 5 heteroatoms. The van der Waals surface area contributed by atoms with E-state index in [0.717, 1.165) is 11.3 Å². The van der Waals surface area contributed by atoms with Crippen LogP contribution in [0, 0.1) is 0 Å². The Hall–Kier alpha value is -2.82. The number of rotatable bonds is 9. The van der Waals surface area contributed by atoms with Crippen molar-refractivity contribution >= 4 is 11.7 Å². The molecule has 132 valence electrons. The Labute approximate surface area is 148 Å². The number of Topliss-reactive ketones (excluding diaryl/α,β-unsaturated/α-hetero) is 1. The zero-order chi connectivity index (χ0) is 18.1. The Morgan fingerprint density at radius 1 is 1.04 bits per heavy atom. The van der Waals surface area contributed by atoms with E-state index in [1.165, 1.54) is 6.92 Å². The lowest BCUT2D eigenvalue weighted by molar-refractivity contribution is -0.121. The van der Waals surface area contributed by atoms with Crippen molar-refractivity contribution in [3.8, 4) is 11.5 Å². The van der Waals surface area contributed by atoms with Crippen LogP contribution < -0.4 is 14.8 Å². The summed E-state index contributed by atoms with van der Waals surface area (Å²) in [5.74, 6) is 1.48. The molecule has 2 aromatic carbocycles. The number of hydrogen-bond donors (Lipinski definition) is 1. The van der Waals surface area contributed by atoms with Gasteiger partial charge in [-0.1, -0.05) is 12.1 Å². The van der Waals surface area contributed by atoms with Gasteiger partial charge in [-0.15, -0.1) is 0 Å². The Bertz CT molecular complexity index is 710. The summed E-state index contributed by atoms with van der Waals surface area (Å²) >= 11 is 0. The second-order valence-corrected chi connectivity index (χ2v) is 5.66. The van der Waals surface area contributed by atoms with Gasteiger partial charge in [-0.2, -0.15) is 0 Å². The van der Waals surface area contributed by atoms with E-state index in [0.29, 0.717) is 37.3 Å². The number of ether oxygens (including phenoxy) is 2. The molecule has 0 fully saturated rings. The van der Waals surface area contributed by atoms with Gasteiger partial charge in [0.1, 0.15) is 11.5 Å². The molecule has 1 N–H and O–H groups in total. The van der Waals surface area contributed by atoms with Gasteiger partial charge in [-0.3, -0.25) is 9.59 Å². The molecule has 5 nitrogen and oxygen atoms in total. The molecule has 0 aliphatic heterocycles. The van der Waals surface area contributed by atoms with Gasteiger partial charge in [0.15, 0.2) is 5.78 Å². The van der Waals surface area contributed by atoms with Crippen molar-refractivity contribution in [2.45, 2.75) is 26.3 Å². The normalized spacial score (nSPS) is 10.2. The monoisotopic (exact) mass is 341 g/mol. The average Bonchev–Trinajstić information content (AvgIpc) is 2.64. The van der Waals surface area contributed by atoms with Crippen LogP contribution in [0.4, 0.5) is 0 Å². The van der Waals surface area contributed by atoms with Gasteiger partial charge in [0.2, 0.25) is 5.91 Å². The number of amides is 1. The van der Waals surface area contributed by atoms with Crippen LogP contribution in [0.2, 0.25) is 0 Å². The van der Waals surface area contributed by atoms with Crippen molar-refractivity contribution in [3.05, 3.63) is 59.7 Å². The van der Waals surface area contributed by atoms with Crippen LogP contribution in [0.15, 0.2) is 48.5 Å². The standard InChI is InChI=1S/C20H23NO4/c1-15(22)17-8-10-18(11-9-17)25-12-4-7-20(23)21-14-16-5-3-6-19(13-16)24-2/h3,5-6,8-11,13H,4,7,12,14H2,1-2H3,(H,21,23). The molecule has 0 aliphatic carbocycles. The van der Waals surface area contributed by atoms with Gasteiger partial charge in [0.25, 0.3) is 0 Å². The highest BCUT2D eigenvalue weighted by atomic mass is 16.5. The molecule has 0 heterocycles. The molecule has 0 aliphatic rings. The summed E-state index contributed by atoms with van der Waals surface area (Å²) in [5.41, 5.74) is 1.65. The third kappa shape index (κ3) is 6.30. The Kier molecular flexibility index (Phi) is 7.01. The predicted octanol–water partition coefficient (Wildman–Crippen LogP) is 3.37. The van der Waals surface area contributed by atoms with Crippen LogP contribution in [-0.4, -0.2) is 25.4 Å². The maximum Gasteiger partial charge on any atom is 0.220 e. The fourth-order valence-corrected chi connectivity index (χ4v) is 2.28. The first-order valence-corrected chi connectivity index (χ1v) is 8.22. The highest BCUT2D eigenvalue weighted by Crippen LogP contribution is 2.13. The first kappa shape index (κ1) is 18.5. The number of carbonyl (C=O) groups excluding carboxylic acids is 2. The van der Waals surface area contributed by atoms with Crippen LogP contribution in [0.3, 0.4) is 0 Å². The van der Waals surface area contributed by atoms with Gasteiger partial charge in [-0.25, -0.2) is 0 Å². The Balaban J connectivity index is 1.65. The van der Waals surface area contributed by atoms with E-state index in [-0.39, 0.29) is 11.7 Å².